The molecule has 0 saturated heterocycles. The Morgan fingerprint density at radius 1 is 1.12 bits per heavy atom. The van der Waals surface area contributed by atoms with Gasteiger partial charge >= 0.3 is 0 Å². The molecule has 1 amide bonds. The average molecular weight is 343 g/mol. The summed E-state index contributed by atoms with van der Waals surface area (Å²) < 4.78 is 5.94. The second-order valence-corrected chi connectivity index (χ2v) is 6.95. The fourth-order valence-electron chi connectivity index (χ4n) is 2.86. The lowest BCUT2D eigenvalue weighted by Gasteiger charge is -2.14. The maximum absolute atomic E-state index is 12.0. The predicted octanol–water partition coefficient (Wildman–Crippen LogP) is 4.67. The van der Waals surface area contributed by atoms with Crippen LogP contribution in [0, 0.1) is 0 Å². The van der Waals surface area contributed by atoms with E-state index >= 15 is 0 Å². The van der Waals surface area contributed by atoms with Gasteiger partial charge in [0, 0.05) is 24.6 Å². The number of ketones is 1. The van der Waals surface area contributed by atoms with Gasteiger partial charge in [-0.1, -0.05) is 12.1 Å². The van der Waals surface area contributed by atoms with E-state index in [0.717, 1.165) is 18.6 Å². The molecule has 0 aliphatic heterocycles. The molecular weight excluding hydrogens is 322 g/mol. The number of hydrogen-bond acceptors (Lipinski definition) is 4. The van der Waals surface area contributed by atoms with E-state index in [2.05, 4.69) is 5.32 Å². The molecule has 3 rings (SSSR count). The Morgan fingerprint density at radius 3 is 2.71 bits per heavy atom. The fourth-order valence-corrected chi connectivity index (χ4v) is 3.55. The summed E-state index contributed by atoms with van der Waals surface area (Å²) in [7, 11) is 0. The first-order valence-corrected chi connectivity index (χ1v) is 9.22. The van der Waals surface area contributed by atoms with Gasteiger partial charge in [0.05, 0.1) is 11.0 Å². The number of ether oxygens (including phenoxy) is 1. The van der Waals surface area contributed by atoms with Crippen LogP contribution in [0.1, 0.15) is 48.2 Å². The van der Waals surface area contributed by atoms with E-state index in [9.17, 15) is 9.59 Å². The Hall–Kier alpha value is -2.14. The summed E-state index contributed by atoms with van der Waals surface area (Å²) in [6.07, 6.45) is 5.34. The quantitative estimate of drug-likeness (QED) is 0.743. The van der Waals surface area contributed by atoms with Crippen molar-refractivity contribution >= 4 is 28.7 Å². The molecule has 2 aromatic rings. The highest BCUT2D eigenvalue weighted by atomic mass is 32.1. The van der Waals surface area contributed by atoms with Crippen molar-refractivity contribution in [3.8, 4) is 5.75 Å². The summed E-state index contributed by atoms with van der Waals surface area (Å²) >= 11 is 1.41. The maximum atomic E-state index is 12.0. The second-order valence-electron chi connectivity index (χ2n) is 6.00. The number of rotatable bonds is 7. The van der Waals surface area contributed by atoms with E-state index in [-0.39, 0.29) is 24.5 Å². The lowest BCUT2D eigenvalue weighted by molar-refractivity contribution is -0.116. The maximum Gasteiger partial charge on any atom is 0.224 e. The number of thiophene rings is 1. The van der Waals surface area contributed by atoms with E-state index in [4.69, 9.17) is 4.74 Å². The van der Waals surface area contributed by atoms with Crippen molar-refractivity contribution in [3.63, 3.8) is 0 Å². The number of amides is 1. The van der Waals surface area contributed by atoms with Crippen molar-refractivity contribution in [2.24, 2.45) is 0 Å². The van der Waals surface area contributed by atoms with Crippen LogP contribution in [-0.4, -0.2) is 17.8 Å². The first-order chi connectivity index (χ1) is 11.7. The Kier molecular flexibility index (Phi) is 5.64. The third kappa shape index (κ3) is 4.68. The molecule has 0 radical (unpaired) electrons. The normalized spacial score (nSPS) is 14.5. The van der Waals surface area contributed by atoms with Crippen molar-refractivity contribution in [1.82, 2.24) is 0 Å². The molecule has 126 valence electrons. The minimum Gasteiger partial charge on any atom is -0.490 e. The van der Waals surface area contributed by atoms with Gasteiger partial charge in [-0.2, -0.15) is 0 Å². The van der Waals surface area contributed by atoms with Crippen LogP contribution in [0.5, 0.6) is 5.75 Å². The molecule has 0 atom stereocenters. The smallest absolute Gasteiger partial charge is 0.224 e. The first kappa shape index (κ1) is 16.7. The van der Waals surface area contributed by atoms with E-state index in [1.54, 1.807) is 6.07 Å². The van der Waals surface area contributed by atoms with Crippen molar-refractivity contribution < 1.29 is 14.3 Å². The number of hydrogen-bond donors (Lipinski definition) is 1. The van der Waals surface area contributed by atoms with Crippen LogP contribution in [-0.2, 0) is 4.79 Å². The van der Waals surface area contributed by atoms with Crippen LogP contribution >= 0.6 is 11.3 Å². The standard InChI is InChI=1S/C19H21NO3S/c21-17(18-9-4-12-24-18)10-11-19(22)20-14-5-3-8-16(13-14)23-15-6-1-2-7-15/h3-5,8-9,12-13,15H,1-2,6-7,10-11H2,(H,20,22). The van der Waals surface area contributed by atoms with Gasteiger partial charge in [-0.05, 0) is 49.3 Å². The topological polar surface area (TPSA) is 55.4 Å². The molecule has 1 heterocycles. The molecule has 1 aliphatic rings. The molecule has 1 N–H and O–H groups in total. The van der Waals surface area contributed by atoms with Crippen LogP contribution in [0.2, 0.25) is 0 Å². The largest absolute Gasteiger partial charge is 0.490 e. The zero-order valence-corrected chi connectivity index (χ0v) is 14.3. The van der Waals surface area contributed by atoms with Gasteiger partial charge in [-0.3, -0.25) is 9.59 Å². The molecule has 1 saturated carbocycles. The van der Waals surface area contributed by atoms with Crippen LogP contribution in [0.25, 0.3) is 0 Å². The fraction of sp³-hybridized carbons (Fsp3) is 0.368. The Bertz CT molecular complexity index is 690. The average Bonchev–Trinajstić information content (AvgIpc) is 3.26. The van der Waals surface area contributed by atoms with Crippen molar-refractivity contribution in [3.05, 3.63) is 46.7 Å². The summed E-state index contributed by atoms with van der Waals surface area (Å²) in [4.78, 5) is 24.7. The molecule has 0 bridgehead atoms. The molecule has 1 fully saturated rings. The highest BCUT2D eigenvalue weighted by Gasteiger charge is 2.16. The molecule has 0 unspecified atom stereocenters. The van der Waals surface area contributed by atoms with Gasteiger partial charge in [-0.15, -0.1) is 11.3 Å². The van der Waals surface area contributed by atoms with Crippen molar-refractivity contribution in [2.75, 3.05) is 5.32 Å². The number of benzene rings is 1. The second kappa shape index (κ2) is 8.11. The summed E-state index contributed by atoms with van der Waals surface area (Å²) in [5.74, 6) is 0.644. The van der Waals surface area contributed by atoms with E-state index in [1.807, 2.05) is 35.7 Å². The molecule has 4 nitrogen and oxygen atoms in total. The Morgan fingerprint density at radius 2 is 1.96 bits per heavy atom. The minimum absolute atomic E-state index is 0.0125. The van der Waals surface area contributed by atoms with Gasteiger partial charge < -0.3 is 10.1 Å². The first-order valence-electron chi connectivity index (χ1n) is 8.34. The van der Waals surface area contributed by atoms with Gasteiger partial charge in [0.25, 0.3) is 0 Å². The Labute approximate surface area is 145 Å². The van der Waals surface area contributed by atoms with Gasteiger partial charge in [0.2, 0.25) is 5.91 Å². The molecule has 24 heavy (non-hydrogen) atoms. The Balaban J connectivity index is 1.49. The van der Waals surface area contributed by atoms with Gasteiger partial charge in [0.15, 0.2) is 5.78 Å². The van der Waals surface area contributed by atoms with Crippen LogP contribution in [0.3, 0.4) is 0 Å². The lowest BCUT2D eigenvalue weighted by atomic mass is 10.2. The summed E-state index contributed by atoms with van der Waals surface area (Å²) in [5, 5.41) is 4.70. The van der Waals surface area contributed by atoms with E-state index < -0.39 is 0 Å². The van der Waals surface area contributed by atoms with E-state index in [0.29, 0.717) is 16.7 Å². The highest BCUT2D eigenvalue weighted by Crippen LogP contribution is 2.25. The number of carbonyl (C=O) groups is 2. The summed E-state index contributed by atoms with van der Waals surface area (Å²) in [6, 6.07) is 11.1. The van der Waals surface area contributed by atoms with E-state index in [1.165, 1.54) is 24.2 Å². The zero-order valence-electron chi connectivity index (χ0n) is 13.5. The lowest BCUT2D eigenvalue weighted by Crippen LogP contribution is -2.14. The number of carbonyl (C=O) groups excluding carboxylic acids is 2. The van der Waals surface area contributed by atoms with Crippen LogP contribution < -0.4 is 10.1 Å². The van der Waals surface area contributed by atoms with Crippen LogP contribution in [0.15, 0.2) is 41.8 Å². The molecule has 1 aromatic carbocycles. The highest BCUT2D eigenvalue weighted by molar-refractivity contribution is 7.12. The van der Waals surface area contributed by atoms with Crippen LogP contribution in [0.4, 0.5) is 5.69 Å². The summed E-state index contributed by atoms with van der Waals surface area (Å²) in [6.45, 7) is 0. The van der Waals surface area contributed by atoms with Crippen molar-refractivity contribution in [1.29, 1.82) is 0 Å². The molecule has 0 spiro atoms. The van der Waals surface area contributed by atoms with Gasteiger partial charge in [0.1, 0.15) is 5.75 Å². The molecular formula is C19H21NO3S. The number of Topliss-reactive ketones (excluding diaryl/α,β-unsaturated/α-hetero) is 1. The third-order valence-electron chi connectivity index (χ3n) is 4.10. The third-order valence-corrected chi connectivity index (χ3v) is 5.01. The number of nitrogens with one attached hydrogen (secondary N) is 1. The van der Waals surface area contributed by atoms with Crippen molar-refractivity contribution in [2.45, 2.75) is 44.6 Å². The monoisotopic (exact) mass is 343 g/mol. The summed E-state index contributed by atoms with van der Waals surface area (Å²) in [5.41, 5.74) is 0.707. The molecule has 1 aromatic heterocycles. The number of anilines is 1. The SMILES string of the molecule is O=C(CCC(=O)c1cccs1)Nc1cccc(OC2CCCC2)c1. The molecule has 5 heteroatoms. The zero-order chi connectivity index (χ0) is 16.8. The minimum atomic E-state index is -0.155. The van der Waals surface area contributed by atoms with Gasteiger partial charge in [-0.25, -0.2) is 0 Å². The molecule has 1 aliphatic carbocycles. The predicted molar refractivity (Wildman–Crippen MR) is 95.8 cm³/mol.